The van der Waals surface area contributed by atoms with Crippen LogP contribution in [0.25, 0.3) is 0 Å². The largest absolute Gasteiger partial charge is 0.493 e. The van der Waals surface area contributed by atoms with E-state index in [2.05, 4.69) is 60.5 Å². The van der Waals surface area contributed by atoms with E-state index in [9.17, 15) is 4.79 Å². The molecule has 1 amide bonds. The summed E-state index contributed by atoms with van der Waals surface area (Å²) >= 11 is 6.29. The molecule has 6 heteroatoms. The lowest BCUT2D eigenvalue weighted by molar-refractivity contribution is 0.0877. The van der Waals surface area contributed by atoms with Gasteiger partial charge in [0.05, 0.1) is 30.8 Å². The van der Waals surface area contributed by atoms with Crippen molar-refractivity contribution < 1.29 is 14.3 Å². The molecule has 0 aromatic heterocycles. The minimum atomic E-state index is -0.179. The van der Waals surface area contributed by atoms with Crippen molar-refractivity contribution in [1.82, 2.24) is 10.2 Å². The zero-order valence-electron chi connectivity index (χ0n) is 20.1. The number of amides is 1. The van der Waals surface area contributed by atoms with Gasteiger partial charge in [0.2, 0.25) is 0 Å². The molecule has 2 atom stereocenters. The first-order valence-electron chi connectivity index (χ1n) is 11.5. The Morgan fingerprint density at radius 2 is 1.82 bits per heavy atom. The van der Waals surface area contributed by atoms with Crippen molar-refractivity contribution in [2.24, 2.45) is 0 Å². The Hall–Kier alpha value is -3.02. The number of nitrogens with zero attached hydrogens (tertiary/aromatic N) is 1. The molecule has 4 rings (SSSR count). The van der Waals surface area contributed by atoms with Gasteiger partial charge in [-0.1, -0.05) is 53.6 Å². The third-order valence-corrected chi connectivity index (χ3v) is 6.77. The number of carbonyl (C=O) groups is 1. The Morgan fingerprint density at radius 3 is 2.53 bits per heavy atom. The summed E-state index contributed by atoms with van der Waals surface area (Å²) in [5.41, 5.74) is 5.31. The second kappa shape index (κ2) is 10.5. The quantitative estimate of drug-likeness (QED) is 0.481. The molecule has 0 saturated carbocycles. The number of nitrogens with one attached hydrogen (secondary N) is 1. The fourth-order valence-corrected chi connectivity index (χ4v) is 5.07. The Balaban J connectivity index is 1.70. The van der Waals surface area contributed by atoms with Crippen molar-refractivity contribution in [1.29, 1.82) is 0 Å². The van der Waals surface area contributed by atoms with Crippen molar-refractivity contribution in [3.05, 3.63) is 93.5 Å². The van der Waals surface area contributed by atoms with Crippen molar-refractivity contribution in [2.45, 2.75) is 38.9 Å². The summed E-state index contributed by atoms with van der Waals surface area (Å²) in [6, 6.07) is 19.6. The third kappa shape index (κ3) is 5.06. The highest BCUT2D eigenvalue weighted by atomic mass is 35.5. The van der Waals surface area contributed by atoms with Gasteiger partial charge in [-0.3, -0.25) is 9.69 Å². The van der Waals surface area contributed by atoms with E-state index in [-0.39, 0.29) is 18.0 Å². The van der Waals surface area contributed by atoms with Crippen LogP contribution in [0.3, 0.4) is 0 Å². The Morgan fingerprint density at radius 1 is 1.09 bits per heavy atom. The predicted octanol–water partition coefficient (Wildman–Crippen LogP) is 5.58. The van der Waals surface area contributed by atoms with Crippen LogP contribution in [-0.2, 0) is 13.0 Å². The van der Waals surface area contributed by atoms with E-state index in [1.54, 1.807) is 26.4 Å². The minimum Gasteiger partial charge on any atom is -0.493 e. The van der Waals surface area contributed by atoms with Crippen LogP contribution in [-0.4, -0.2) is 37.6 Å². The van der Waals surface area contributed by atoms with Crippen LogP contribution in [0.1, 0.15) is 45.6 Å². The predicted molar refractivity (Wildman–Crippen MR) is 136 cm³/mol. The molecule has 178 valence electrons. The molecule has 0 saturated heterocycles. The fourth-order valence-electron chi connectivity index (χ4n) is 4.85. The maximum atomic E-state index is 13.1. The van der Waals surface area contributed by atoms with Gasteiger partial charge in [-0.05, 0) is 61.2 Å². The highest BCUT2D eigenvalue weighted by Gasteiger charge is 2.34. The summed E-state index contributed by atoms with van der Waals surface area (Å²) in [6.07, 6.45) is 0.892. The monoisotopic (exact) mass is 478 g/mol. The van der Waals surface area contributed by atoms with Gasteiger partial charge >= 0.3 is 0 Å². The SMILES string of the molecule is COc1cc2c(cc1OC)C(C(C)NC(=O)c1ccccc1Cl)N(Cc1cccc(C)c1)CC2. The third-order valence-electron chi connectivity index (χ3n) is 6.44. The summed E-state index contributed by atoms with van der Waals surface area (Å²) in [6.45, 7) is 5.81. The standard InChI is InChI=1S/C28H31ClN2O3/c1-18-8-7-9-20(14-18)17-31-13-12-21-15-25(33-3)26(34-4)16-23(21)27(31)19(2)30-28(32)22-10-5-6-11-24(22)29/h5-11,14-16,19,27H,12-13,17H2,1-4H3,(H,30,32). The lowest BCUT2D eigenvalue weighted by atomic mass is 9.87. The molecule has 1 heterocycles. The number of ether oxygens (including phenoxy) is 2. The molecule has 3 aromatic rings. The summed E-state index contributed by atoms with van der Waals surface area (Å²) in [5, 5.41) is 3.65. The maximum absolute atomic E-state index is 13.1. The van der Waals surface area contributed by atoms with Crippen molar-refractivity contribution in [2.75, 3.05) is 20.8 Å². The molecule has 2 unspecified atom stereocenters. The van der Waals surface area contributed by atoms with Crippen molar-refractivity contribution in [3.63, 3.8) is 0 Å². The number of rotatable bonds is 7. The number of hydrogen-bond acceptors (Lipinski definition) is 4. The van der Waals surface area contributed by atoms with E-state index < -0.39 is 0 Å². The highest BCUT2D eigenvalue weighted by molar-refractivity contribution is 6.33. The molecule has 1 aliphatic heterocycles. The first-order chi connectivity index (χ1) is 16.4. The number of fused-ring (bicyclic) bond motifs is 1. The normalized spacial score (nSPS) is 16.4. The topological polar surface area (TPSA) is 50.8 Å². The average Bonchev–Trinajstić information content (AvgIpc) is 2.83. The molecule has 0 aliphatic carbocycles. The van der Waals surface area contributed by atoms with Gasteiger partial charge in [-0.2, -0.15) is 0 Å². The van der Waals surface area contributed by atoms with Gasteiger partial charge in [0.1, 0.15) is 0 Å². The highest BCUT2D eigenvalue weighted by Crippen LogP contribution is 2.40. The first-order valence-corrected chi connectivity index (χ1v) is 11.9. The molecule has 0 fully saturated rings. The number of halogens is 1. The Labute approximate surface area is 206 Å². The van der Waals surface area contributed by atoms with Crippen LogP contribution in [0, 0.1) is 6.92 Å². The number of hydrogen-bond donors (Lipinski definition) is 1. The van der Waals surface area contributed by atoms with Crippen molar-refractivity contribution >= 4 is 17.5 Å². The Bertz CT molecular complexity index is 1180. The molecule has 0 spiro atoms. The fraction of sp³-hybridized carbons (Fsp3) is 0.321. The molecule has 0 bridgehead atoms. The summed E-state index contributed by atoms with van der Waals surface area (Å²) in [4.78, 5) is 15.5. The molecular weight excluding hydrogens is 448 g/mol. The second-order valence-electron chi connectivity index (χ2n) is 8.80. The van der Waals surface area contributed by atoms with E-state index in [0.717, 1.165) is 30.8 Å². The number of methoxy groups -OCH3 is 2. The lowest BCUT2D eigenvalue weighted by Gasteiger charge is -2.41. The average molecular weight is 479 g/mol. The van der Waals surface area contributed by atoms with Crippen LogP contribution in [0.15, 0.2) is 60.7 Å². The zero-order chi connectivity index (χ0) is 24.2. The van der Waals surface area contributed by atoms with Gasteiger partial charge in [-0.15, -0.1) is 0 Å². The summed E-state index contributed by atoms with van der Waals surface area (Å²) in [5.74, 6) is 1.23. The first kappa shape index (κ1) is 24.1. The van der Waals surface area contributed by atoms with Gasteiger partial charge in [0.25, 0.3) is 5.91 Å². The summed E-state index contributed by atoms with van der Waals surface area (Å²) in [7, 11) is 3.30. The van der Waals surface area contributed by atoms with Gasteiger partial charge < -0.3 is 14.8 Å². The maximum Gasteiger partial charge on any atom is 0.253 e. The zero-order valence-corrected chi connectivity index (χ0v) is 20.9. The second-order valence-corrected chi connectivity index (χ2v) is 9.21. The summed E-state index contributed by atoms with van der Waals surface area (Å²) < 4.78 is 11.2. The van der Waals surface area contributed by atoms with Crippen LogP contribution in [0.5, 0.6) is 11.5 Å². The molecule has 3 aromatic carbocycles. The van der Waals surface area contributed by atoms with E-state index in [1.807, 2.05) is 12.1 Å². The van der Waals surface area contributed by atoms with Gasteiger partial charge in [0.15, 0.2) is 11.5 Å². The van der Waals surface area contributed by atoms with Crippen LogP contribution >= 0.6 is 11.6 Å². The van der Waals surface area contributed by atoms with E-state index >= 15 is 0 Å². The number of carbonyl (C=O) groups excluding carboxylic acids is 1. The lowest BCUT2D eigenvalue weighted by Crippen LogP contribution is -2.47. The minimum absolute atomic E-state index is 0.0458. The molecular formula is C28H31ClN2O3. The molecule has 0 radical (unpaired) electrons. The number of aryl methyl sites for hydroxylation is 1. The van der Waals surface area contributed by atoms with Gasteiger partial charge in [0, 0.05) is 19.1 Å². The van der Waals surface area contributed by atoms with Gasteiger partial charge in [-0.25, -0.2) is 0 Å². The van der Waals surface area contributed by atoms with Crippen molar-refractivity contribution in [3.8, 4) is 11.5 Å². The van der Waals surface area contributed by atoms with Crippen LogP contribution < -0.4 is 14.8 Å². The molecule has 1 aliphatic rings. The van der Waals surface area contributed by atoms with E-state index in [1.165, 1.54) is 16.7 Å². The Kier molecular flexibility index (Phi) is 7.44. The van der Waals surface area contributed by atoms with Crippen LogP contribution in [0.2, 0.25) is 5.02 Å². The number of benzene rings is 3. The van der Waals surface area contributed by atoms with E-state index in [0.29, 0.717) is 16.3 Å². The molecule has 5 nitrogen and oxygen atoms in total. The van der Waals surface area contributed by atoms with E-state index in [4.69, 9.17) is 21.1 Å². The molecule has 1 N–H and O–H groups in total. The molecule has 34 heavy (non-hydrogen) atoms. The van der Waals surface area contributed by atoms with Crippen LogP contribution in [0.4, 0.5) is 0 Å². The smallest absolute Gasteiger partial charge is 0.253 e.